The van der Waals surface area contributed by atoms with Crippen LogP contribution < -0.4 is 10.1 Å². The Labute approximate surface area is 186 Å². The smallest absolute Gasteiger partial charge is 0.227 e. The summed E-state index contributed by atoms with van der Waals surface area (Å²) in [5.41, 5.74) is 2.50. The summed E-state index contributed by atoms with van der Waals surface area (Å²) in [5, 5.41) is 4.03. The third-order valence-electron chi connectivity index (χ3n) is 8.12. The number of amides is 1. The quantitative estimate of drug-likeness (QED) is 0.784. The van der Waals surface area contributed by atoms with E-state index in [4.69, 9.17) is 4.74 Å². The number of likely N-dealkylation sites (tertiary alicyclic amines) is 1. The van der Waals surface area contributed by atoms with E-state index in [1.165, 1.54) is 24.8 Å². The second-order valence-corrected chi connectivity index (χ2v) is 9.88. The molecule has 3 fully saturated rings. The summed E-state index contributed by atoms with van der Waals surface area (Å²) in [6.07, 6.45) is 7.32. The molecule has 2 saturated heterocycles. The number of benzene rings is 2. The Morgan fingerprint density at radius 2 is 1.84 bits per heavy atom. The van der Waals surface area contributed by atoms with Crippen molar-refractivity contribution in [1.29, 1.82) is 0 Å². The molecule has 1 N–H and O–H groups in total. The van der Waals surface area contributed by atoms with Crippen molar-refractivity contribution < 1.29 is 9.53 Å². The molecule has 2 aromatic carbocycles. The van der Waals surface area contributed by atoms with Crippen molar-refractivity contribution in [2.24, 2.45) is 5.41 Å². The molecule has 1 amide bonds. The normalized spacial score (nSPS) is 31.9. The molecular formula is C27H34N2O2. The number of nitrogens with zero attached hydrogens (tertiary/aromatic N) is 1. The van der Waals surface area contributed by atoms with Gasteiger partial charge in [0.25, 0.3) is 0 Å². The van der Waals surface area contributed by atoms with Gasteiger partial charge in [0, 0.05) is 35.1 Å². The lowest BCUT2D eigenvalue weighted by Gasteiger charge is -2.43. The molecule has 0 aromatic heterocycles. The van der Waals surface area contributed by atoms with Gasteiger partial charge in [0.1, 0.15) is 5.75 Å². The maximum absolute atomic E-state index is 13.8. The van der Waals surface area contributed by atoms with Gasteiger partial charge in [-0.05, 0) is 37.3 Å². The van der Waals surface area contributed by atoms with Crippen LogP contribution in [0.5, 0.6) is 5.75 Å². The Morgan fingerprint density at radius 3 is 2.65 bits per heavy atom. The van der Waals surface area contributed by atoms with E-state index in [1.54, 1.807) is 7.11 Å². The van der Waals surface area contributed by atoms with Gasteiger partial charge in [-0.3, -0.25) is 4.79 Å². The number of rotatable bonds is 5. The minimum atomic E-state index is 0.171. The molecule has 164 valence electrons. The lowest BCUT2D eigenvalue weighted by molar-refractivity contribution is -0.134. The van der Waals surface area contributed by atoms with E-state index in [0.717, 1.165) is 30.6 Å². The van der Waals surface area contributed by atoms with E-state index in [-0.39, 0.29) is 17.4 Å². The van der Waals surface area contributed by atoms with Crippen LogP contribution in [0.3, 0.4) is 0 Å². The highest BCUT2D eigenvalue weighted by Gasteiger charge is 2.60. The maximum atomic E-state index is 13.8. The fourth-order valence-electron chi connectivity index (χ4n) is 6.60. The molecule has 2 heterocycles. The van der Waals surface area contributed by atoms with Crippen LogP contribution in [0.1, 0.15) is 50.2 Å². The zero-order valence-corrected chi connectivity index (χ0v) is 18.7. The second-order valence-electron chi connectivity index (χ2n) is 9.88. The van der Waals surface area contributed by atoms with Gasteiger partial charge < -0.3 is 15.0 Å². The van der Waals surface area contributed by atoms with Crippen LogP contribution in [0, 0.1) is 5.41 Å². The topological polar surface area (TPSA) is 41.6 Å². The van der Waals surface area contributed by atoms with Crippen molar-refractivity contribution >= 4 is 5.91 Å². The molecule has 0 radical (unpaired) electrons. The molecule has 1 saturated carbocycles. The molecule has 2 aromatic rings. The van der Waals surface area contributed by atoms with Crippen LogP contribution in [0.2, 0.25) is 0 Å². The highest BCUT2D eigenvalue weighted by atomic mass is 16.5. The number of carbonyl (C=O) groups is 1. The Morgan fingerprint density at radius 1 is 1.10 bits per heavy atom. The van der Waals surface area contributed by atoms with Crippen LogP contribution >= 0.6 is 0 Å². The molecule has 3 aliphatic rings. The summed E-state index contributed by atoms with van der Waals surface area (Å²) in [5.74, 6) is 1.06. The van der Waals surface area contributed by atoms with E-state index in [0.29, 0.717) is 24.5 Å². The van der Waals surface area contributed by atoms with Gasteiger partial charge >= 0.3 is 0 Å². The van der Waals surface area contributed by atoms with E-state index in [1.807, 2.05) is 24.3 Å². The highest BCUT2D eigenvalue weighted by Crippen LogP contribution is 2.52. The van der Waals surface area contributed by atoms with Crippen molar-refractivity contribution in [3.63, 3.8) is 0 Å². The molecule has 2 aliphatic heterocycles. The molecule has 2 bridgehead atoms. The van der Waals surface area contributed by atoms with Gasteiger partial charge in [0.05, 0.1) is 13.5 Å². The minimum absolute atomic E-state index is 0.171. The van der Waals surface area contributed by atoms with Crippen molar-refractivity contribution in [2.75, 3.05) is 7.11 Å². The highest BCUT2D eigenvalue weighted by molar-refractivity contribution is 5.81. The van der Waals surface area contributed by atoms with Crippen LogP contribution in [-0.2, 0) is 17.6 Å². The number of fused-ring (bicyclic) bond motifs is 1. The van der Waals surface area contributed by atoms with E-state index in [9.17, 15) is 4.79 Å². The zero-order valence-electron chi connectivity index (χ0n) is 18.7. The van der Waals surface area contributed by atoms with Crippen LogP contribution in [-0.4, -0.2) is 42.1 Å². The Hall–Kier alpha value is -2.33. The number of piperidine rings is 1. The summed E-state index contributed by atoms with van der Waals surface area (Å²) in [6, 6.07) is 20.1. The molecule has 0 spiro atoms. The van der Waals surface area contributed by atoms with Crippen LogP contribution in [0.15, 0.2) is 54.6 Å². The minimum Gasteiger partial charge on any atom is -0.496 e. The maximum Gasteiger partial charge on any atom is 0.227 e. The number of carbonyl (C=O) groups excluding carboxylic acids is 1. The Bertz CT molecular complexity index is 930. The number of methoxy groups -OCH3 is 1. The van der Waals surface area contributed by atoms with E-state index in [2.05, 4.69) is 47.5 Å². The number of hydrogen-bond acceptors (Lipinski definition) is 3. The first-order valence-electron chi connectivity index (χ1n) is 11.8. The molecule has 5 rings (SSSR count). The first kappa shape index (κ1) is 20.6. The van der Waals surface area contributed by atoms with Gasteiger partial charge in [0.2, 0.25) is 5.91 Å². The second kappa shape index (κ2) is 8.31. The lowest BCUT2D eigenvalue weighted by Crippen LogP contribution is -2.57. The summed E-state index contributed by atoms with van der Waals surface area (Å²) >= 11 is 0. The average molecular weight is 419 g/mol. The largest absolute Gasteiger partial charge is 0.496 e. The Kier molecular flexibility index (Phi) is 5.51. The van der Waals surface area contributed by atoms with Crippen LogP contribution in [0.4, 0.5) is 0 Å². The number of ether oxygens (including phenoxy) is 1. The third-order valence-corrected chi connectivity index (χ3v) is 8.12. The molecule has 4 nitrogen and oxygen atoms in total. The number of para-hydroxylation sites is 1. The molecule has 0 unspecified atom stereocenters. The average Bonchev–Trinajstić information content (AvgIpc) is 2.94. The number of hydrogen-bond donors (Lipinski definition) is 1. The summed E-state index contributed by atoms with van der Waals surface area (Å²) < 4.78 is 5.53. The molecule has 31 heavy (non-hydrogen) atoms. The number of nitrogens with one attached hydrogen (secondary N) is 1. The molecular weight excluding hydrogens is 384 g/mol. The summed E-state index contributed by atoms with van der Waals surface area (Å²) in [6.45, 7) is 2.43. The zero-order chi connectivity index (χ0) is 21.4. The monoisotopic (exact) mass is 418 g/mol. The van der Waals surface area contributed by atoms with Crippen molar-refractivity contribution in [3.8, 4) is 5.75 Å². The van der Waals surface area contributed by atoms with Gasteiger partial charge in [-0.15, -0.1) is 0 Å². The fraction of sp³-hybridized carbons (Fsp3) is 0.519. The molecule has 4 heteroatoms. The van der Waals surface area contributed by atoms with Gasteiger partial charge in [-0.25, -0.2) is 0 Å². The van der Waals surface area contributed by atoms with Crippen LogP contribution in [0.25, 0.3) is 0 Å². The van der Waals surface area contributed by atoms with E-state index >= 15 is 0 Å². The van der Waals surface area contributed by atoms with Gasteiger partial charge in [0.15, 0.2) is 0 Å². The predicted molar refractivity (Wildman–Crippen MR) is 123 cm³/mol. The standard InChI is InChI=1S/C27H34N2O2/c1-27-18-22-21(16-19-10-4-3-5-11-19)28-24(27)14-8-9-15-25(27)29(22)26(30)17-20-12-6-7-13-23(20)31-2/h3-7,10-13,21-22,24-25,28H,8-9,14-18H2,1-2H3/t21-,22-,24+,25-,27+/m0/s1. The first-order valence-corrected chi connectivity index (χ1v) is 11.8. The Balaban J connectivity index is 1.46. The van der Waals surface area contributed by atoms with E-state index < -0.39 is 0 Å². The van der Waals surface area contributed by atoms with Gasteiger partial charge in [-0.2, -0.15) is 0 Å². The summed E-state index contributed by atoms with van der Waals surface area (Å²) in [4.78, 5) is 16.1. The first-order chi connectivity index (χ1) is 15.1. The van der Waals surface area contributed by atoms with Crippen molar-refractivity contribution in [2.45, 2.75) is 76.0 Å². The SMILES string of the molecule is COc1ccccc1CC(=O)N1[C@H]2CCCC[C@H]3N[C@@H](Cc4ccccc4)[C@@H]1C[C@@]23C. The predicted octanol–water partition coefficient (Wildman–Crippen LogP) is 4.37. The lowest BCUT2D eigenvalue weighted by atomic mass is 9.70. The van der Waals surface area contributed by atoms with Gasteiger partial charge in [-0.1, -0.05) is 68.3 Å². The van der Waals surface area contributed by atoms with Crippen molar-refractivity contribution in [1.82, 2.24) is 10.2 Å². The summed E-state index contributed by atoms with van der Waals surface area (Å²) in [7, 11) is 1.68. The molecule has 1 aliphatic carbocycles. The fourth-order valence-corrected chi connectivity index (χ4v) is 6.60. The third kappa shape index (κ3) is 3.65. The van der Waals surface area contributed by atoms with Crippen molar-refractivity contribution in [3.05, 3.63) is 65.7 Å². The molecule has 5 atom stereocenters.